The highest BCUT2D eigenvalue weighted by Crippen LogP contribution is 2.57. The monoisotopic (exact) mass is 753 g/mol. The first-order chi connectivity index (χ1) is 28.8. The van der Waals surface area contributed by atoms with E-state index in [9.17, 15) is 0 Å². The molecule has 0 amide bonds. The first-order valence-electron chi connectivity index (χ1n) is 20.9. The zero-order chi connectivity index (χ0) is 39.6. The number of nitrogens with zero attached hydrogens (tertiary/aromatic N) is 1. The molecule has 3 aliphatic rings. The second kappa shape index (κ2) is 12.3. The standard InChI is InChI=1S/C58H43N/c1-57(2)50-24-11-10-21-49(50)56-51(57)25-14-26-54(56)59(39-18-12-17-37(33-39)36-15-6-5-7-16-36)40-28-30-45-44-29-27-38(34-52(44)58(3,4)53(45)35-40)41-31-32-48-43-20-9-8-19-42(43)47-23-13-22-46(41)55(47)48/h5-35H,1-4H3. The van der Waals surface area contributed by atoms with Gasteiger partial charge in [-0.1, -0.05) is 179 Å². The van der Waals surface area contributed by atoms with Crippen molar-refractivity contribution < 1.29 is 0 Å². The summed E-state index contributed by atoms with van der Waals surface area (Å²) in [5.41, 5.74) is 24.3. The molecule has 3 aliphatic carbocycles. The molecule has 0 unspecified atom stereocenters. The van der Waals surface area contributed by atoms with E-state index < -0.39 is 0 Å². The van der Waals surface area contributed by atoms with E-state index in [4.69, 9.17) is 0 Å². The van der Waals surface area contributed by atoms with Gasteiger partial charge >= 0.3 is 0 Å². The van der Waals surface area contributed by atoms with Crippen LogP contribution >= 0.6 is 0 Å². The van der Waals surface area contributed by atoms with E-state index in [-0.39, 0.29) is 10.8 Å². The average molecular weight is 754 g/mol. The largest absolute Gasteiger partial charge is 0.310 e. The van der Waals surface area contributed by atoms with E-state index in [2.05, 4.69) is 221 Å². The molecule has 0 N–H and O–H groups in total. The molecule has 9 aromatic rings. The molecule has 0 heterocycles. The Kier molecular flexibility index (Phi) is 7.10. The van der Waals surface area contributed by atoms with Gasteiger partial charge in [-0.3, -0.25) is 0 Å². The molecule has 0 aromatic heterocycles. The molecule has 0 fully saturated rings. The number of hydrogen-bond acceptors (Lipinski definition) is 1. The zero-order valence-corrected chi connectivity index (χ0v) is 33.8. The van der Waals surface area contributed by atoms with Crippen LogP contribution in [0.1, 0.15) is 49.9 Å². The highest BCUT2D eigenvalue weighted by atomic mass is 15.1. The van der Waals surface area contributed by atoms with Crippen molar-refractivity contribution in [3.63, 3.8) is 0 Å². The molecule has 0 spiro atoms. The molecule has 0 bridgehead atoms. The lowest BCUT2D eigenvalue weighted by atomic mass is 9.81. The van der Waals surface area contributed by atoms with Gasteiger partial charge in [0.05, 0.1) is 5.69 Å². The number of rotatable bonds is 5. The molecule has 0 aliphatic heterocycles. The van der Waals surface area contributed by atoms with Crippen molar-refractivity contribution in [3.05, 3.63) is 210 Å². The minimum absolute atomic E-state index is 0.103. The number of benzene rings is 9. The summed E-state index contributed by atoms with van der Waals surface area (Å²) in [6.45, 7) is 9.56. The molecular weight excluding hydrogens is 711 g/mol. The van der Waals surface area contributed by atoms with Gasteiger partial charge in [-0.25, -0.2) is 0 Å². The number of anilines is 3. The fourth-order valence-corrected chi connectivity index (χ4v) is 10.9. The fraction of sp³-hybridized carbons (Fsp3) is 0.103. The van der Waals surface area contributed by atoms with Crippen molar-refractivity contribution in [2.24, 2.45) is 0 Å². The summed E-state index contributed by atoms with van der Waals surface area (Å²) in [7, 11) is 0. The van der Waals surface area contributed by atoms with E-state index in [1.807, 2.05) is 0 Å². The first kappa shape index (κ1) is 34.1. The van der Waals surface area contributed by atoms with Gasteiger partial charge in [0.1, 0.15) is 0 Å². The minimum atomic E-state index is -0.216. The molecular formula is C58H43N. The topological polar surface area (TPSA) is 3.24 Å². The van der Waals surface area contributed by atoms with E-state index in [1.54, 1.807) is 0 Å². The lowest BCUT2D eigenvalue weighted by Crippen LogP contribution is -2.17. The van der Waals surface area contributed by atoms with E-state index in [0.29, 0.717) is 0 Å². The SMILES string of the molecule is CC1(C)c2cc(-c3ccc4c5c(cccc35)-c3ccccc3-4)ccc2-c2ccc(N(c3cccc(-c4ccccc4)c3)c3cccc4c3-c3ccccc3C4(C)C)cc21. The van der Waals surface area contributed by atoms with Gasteiger partial charge in [0.25, 0.3) is 0 Å². The Bertz CT molecular complexity index is 3190. The highest BCUT2D eigenvalue weighted by Gasteiger charge is 2.39. The molecule has 0 radical (unpaired) electrons. The Hall–Kier alpha value is -6.96. The zero-order valence-electron chi connectivity index (χ0n) is 33.8. The lowest BCUT2D eigenvalue weighted by Gasteiger charge is -2.30. The Balaban J connectivity index is 1.01. The van der Waals surface area contributed by atoms with Crippen molar-refractivity contribution in [1.82, 2.24) is 0 Å². The van der Waals surface area contributed by atoms with Crippen LogP contribution < -0.4 is 4.90 Å². The molecule has 0 saturated carbocycles. The Labute approximate surface area is 346 Å². The fourth-order valence-electron chi connectivity index (χ4n) is 10.9. The van der Waals surface area contributed by atoms with Gasteiger partial charge < -0.3 is 4.90 Å². The summed E-state index contributed by atoms with van der Waals surface area (Å²) in [6.07, 6.45) is 0. The van der Waals surface area contributed by atoms with Gasteiger partial charge in [0.15, 0.2) is 0 Å². The first-order valence-corrected chi connectivity index (χ1v) is 20.9. The summed E-state index contributed by atoms with van der Waals surface area (Å²) in [5.74, 6) is 0. The molecule has 12 rings (SSSR count). The molecule has 59 heavy (non-hydrogen) atoms. The Morgan fingerprint density at radius 2 is 0.881 bits per heavy atom. The third-order valence-corrected chi connectivity index (χ3v) is 13.8. The molecule has 1 nitrogen and oxygen atoms in total. The third kappa shape index (κ3) is 4.79. The van der Waals surface area contributed by atoms with Gasteiger partial charge in [-0.15, -0.1) is 0 Å². The quantitative estimate of drug-likeness (QED) is 0.169. The lowest BCUT2D eigenvalue weighted by molar-refractivity contribution is 0.660. The van der Waals surface area contributed by atoms with Crippen molar-refractivity contribution in [3.8, 4) is 66.8 Å². The average Bonchev–Trinajstić information content (AvgIpc) is 3.82. The van der Waals surface area contributed by atoms with Crippen LogP contribution in [0.2, 0.25) is 0 Å². The van der Waals surface area contributed by atoms with E-state index in [1.165, 1.54) is 105 Å². The maximum Gasteiger partial charge on any atom is 0.0543 e. The van der Waals surface area contributed by atoms with Crippen LogP contribution in [-0.2, 0) is 10.8 Å². The van der Waals surface area contributed by atoms with Crippen LogP contribution in [0.15, 0.2) is 188 Å². The summed E-state index contributed by atoms with van der Waals surface area (Å²) in [5, 5.41) is 2.69. The van der Waals surface area contributed by atoms with Gasteiger partial charge in [0, 0.05) is 27.8 Å². The summed E-state index contributed by atoms with van der Waals surface area (Å²) in [6, 6.07) is 70.5. The van der Waals surface area contributed by atoms with Crippen molar-refractivity contribution in [2.45, 2.75) is 38.5 Å². The van der Waals surface area contributed by atoms with Crippen LogP contribution in [0.3, 0.4) is 0 Å². The predicted molar refractivity (Wildman–Crippen MR) is 249 cm³/mol. The second-order valence-corrected chi connectivity index (χ2v) is 17.7. The molecule has 9 aromatic carbocycles. The molecule has 0 saturated heterocycles. The van der Waals surface area contributed by atoms with Crippen molar-refractivity contribution in [1.29, 1.82) is 0 Å². The summed E-state index contributed by atoms with van der Waals surface area (Å²) < 4.78 is 0. The van der Waals surface area contributed by atoms with Crippen molar-refractivity contribution in [2.75, 3.05) is 4.90 Å². The third-order valence-electron chi connectivity index (χ3n) is 13.8. The van der Waals surface area contributed by atoms with Crippen LogP contribution in [-0.4, -0.2) is 0 Å². The van der Waals surface area contributed by atoms with Crippen LogP contribution in [0.25, 0.3) is 77.5 Å². The Morgan fingerprint density at radius 1 is 0.322 bits per heavy atom. The van der Waals surface area contributed by atoms with Gasteiger partial charge in [0.2, 0.25) is 0 Å². The van der Waals surface area contributed by atoms with Gasteiger partial charge in [-0.05, 0) is 131 Å². The van der Waals surface area contributed by atoms with Crippen molar-refractivity contribution >= 4 is 27.8 Å². The summed E-state index contributed by atoms with van der Waals surface area (Å²) >= 11 is 0. The van der Waals surface area contributed by atoms with Gasteiger partial charge in [-0.2, -0.15) is 0 Å². The number of hydrogen-bond donors (Lipinski definition) is 0. The predicted octanol–water partition coefficient (Wildman–Crippen LogP) is 15.9. The molecule has 280 valence electrons. The molecule has 0 atom stereocenters. The highest BCUT2D eigenvalue weighted by molar-refractivity contribution is 6.18. The Morgan fingerprint density at radius 3 is 1.69 bits per heavy atom. The minimum Gasteiger partial charge on any atom is -0.310 e. The smallest absolute Gasteiger partial charge is 0.0543 e. The molecule has 1 heteroatoms. The van der Waals surface area contributed by atoms with Crippen LogP contribution in [0, 0.1) is 0 Å². The summed E-state index contributed by atoms with van der Waals surface area (Å²) in [4.78, 5) is 2.51. The maximum absolute atomic E-state index is 2.51. The normalized spacial score (nSPS) is 14.4. The van der Waals surface area contributed by atoms with E-state index in [0.717, 1.165) is 11.4 Å². The second-order valence-electron chi connectivity index (χ2n) is 17.7. The van der Waals surface area contributed by atoms with E-state index >= 15 is 0 Å². The maximum atomic E-state index is 2.51. The van der Waals surface area contributed by atoms with Crippen LogP contribution in [0.5, 0.6) is 0 Å². The number of fused-ring (bicyclic) bond motifs is 9. The van der Waals surface area contributed by atoms with Crippen LogP contribution in [0.4, 0.5) is 17.1 Å².